The van der Waals surface area contributed by atoms with E-state index in [1.165, 1.54) is 16.2 Å². The molecule has 2 aromatic rings. The van der Waals surface area contributed by atoms with Crippen molar-refractivity contribution in [3.05, 3.63) is 34.8 Å². The molecule has 6 rings (SSSR count). The number of sulfonamides is 1. The van der Waals surface area contributed by atoms with E-state index in [2.05, 4.69) is 36.3 Å². The van der Waals surface area contributed by atoms with Gasteiger partial charge in [0.05, 0.1) is 21.5 Å². The number of halogens is 1. The van der Waals surface area contributed by atoms with Gasteiger partial charge in [-0.3, -0.25) is 19.1 Å². The maximum Gasteiger partial charge on any atom is 0.408 e. The highest BCUT2D eigenvalue weighted by atomic mass is 79.9. The molecule has 1 saturated heterocycles. The number of benzene rings is 1. The van der Waals surface area contributed by atoms with Gasteiger partial charge in [0.2, 0.25) is 21.8 Å². The molecular formula is C34H44BrN5O8S2. The van der Waals surface area contributed by atoms with E-state index in [4.69, 9.17) is 9.47 Å². The first kappa shape index (κ1) is 36.5. The maximum atomic E-state index is 14.3. The van der Waals surface area contributed by atoms with Crippen molar-refractivity contribution >= 4 is 71.3 Å². The molecule has 3 heterocycles. The van der Waals surface area contributed by atoms with Crippen molar-refractivity contribution in [1.82, 2.24) is 25.2 Å². The summed E-state index contributed by atoms with van der Waals surface area (Å²) in [5, 5.41) is 5.99. The average molecular weight is 795 g/mol. The van der Waals surface area contributed by atoms with Gasteiger partial charge in [-0.25, -0.2) is 18.2 Å². The van der Waals surface area contributed by atoms with E-state index in [1.54, 1.807) is 27.7 Å². The number of rotatable bonds is 6. The number of ether oxygens (including phenoxy) is 2. The van der Waals surface area contributed by atoms with Crippen molar-refractivity contribution in [2.75, 3.05) is 6.54 Å². The molecule has 0 bridgehead atoms. The molecule has 0 spiro atoms. The van der Waals surface area contributed by atoms with Crippen LogP contribution in [0, 0.1) is 5.92 Å². The topological polar surface area (TPSA) is 173 Å². The SMILES string of the molecule is CC(C)(C)OC(=O)N[C@H]1CCCCC/C=C\[C@H]2C[C@@]2(C(=O)NS(=O)(=O)C2(C)CC2)NC(=O)[C@@H]2C[C@@H](Oc3nc4ccc(Br)cc4s3)CN2C1=O. The van der Waals surface area contributed by atoms with Crippen LogP contribution in [0.4, 0.5) is 4.79 Å². The minimum absolute atomic E-state index is 0.0261. The third kappa shape index (κ3) is 7.96. The number of carbonyl (C=O) groups is 4. The average Bonchev–Trinajstić information content (AvgIpc) is 3.83. The Hall–Kier alpha value is -3.24. The summed E-state index contributed by atoms with van der Waals surface area (Å²) in [6.45, 7) is 6.81. The fourth-order valence-electron chi connectivity index (χ4n) is 6.47. The second-order valence-electron chi connectivity index (χ2n) is 15.0. The summed E-state index contributed by atoms with van der Waals surface area (Å²) >= 11 is 4.81. The van der Waals surface area contributed by atoms with Gasteiger partial charge in [-0.1, -0.05) is 52.3 Å². The third-order valence-electron chi connectivity index (χ3n) is 9.76. The van der Waals surface area contributed by atoms with Gasteiger partial charge in [-0.05, 0) is 84.4 Å². The number of thiazole rings is 1. The molecule has 5 atom stereocenters. The molecule has 0 unspecified atom stereocenters. The highest BCUT2D eigenvalue weighted by Crippen LogP contribution is 2.47. The number of alkyl carbamates (subject to hydrolysis) is 1. The molecule has 272 valence electrons. The van der Waals surface area contributed by atoms with Crippen molar-refractivity contribution in [3.63, 3.8) is 0 Å². The molecule has 2 aliphatic carbocycles. The quantitative estimate of drug-likeness (QED) is 0.351. The van der Waals surface area contributed by atoms with Gasteiger partial charge in [0.1, 0.15) is 29.3 Å². The molecule has 3 fully saturated rings. The van der Waals surface area contributed by atoms with Crippen LogP contribution < -0.4 is 20.1 Å². The fraction of sp³-hybridized carbons (Fsp3) is 0.618. The molecule has 1 aromatic heterocycles. The number of nitrogens with one attached hydrogen (secondary N) is 3. The summed E-state index contributed by atoms with van der Waals surface area (Å²) in [6.07, 6.45) is 6.89. The van der Waals surface area contributed by atoms with Gasteiger partial charge in [0, 0.05) is 16.8 Å². The predicted molar refractivity (Wildman–Crippen MR) is 191 cm³/mol. The summed E-state index contributed by atoms with van der Waals surface area (Å²) in [4.78, 5) is 61.2. The third-order valence-corrected chi connectivity index (χ3v) is 13.3. The number of fused-ring (bicyclic) bond motifs is 3. The van der Waals surface area contributed by atoms with E-state index in [9.17, 15) is 27.6 Å². The molecule has 3 N–H and O–H groups in total. The number of nitrogens with zero attached hydrogens (tertiary/aromatic N) is 2. The van der Waals surface area contributed by atoms with Gasteiger partial charge in [0.15, 0.2) is 0 Å². The lowest BCUT2D eigenvalue weighted by Crippen LogP contribution is -2.58. The molecule has 4 aliphatic rings. The van der Waals surface area contributed by atoms with Gasteiger partial charge >= 0.3 is 6.09 Å². The Bertz CT molecular complexity index is 1820. The Balaban J connectivity index is 1.29. The van der Waals surface area contributed by atoms with E-state index in [-0.39, 0.29) is 19.4 Å². The monoisotopic (exact) mass is 793 g/mol. The van der Waals surface area contributed by atoms with Crippen LogP contribution in [0.25, 0.3) is 10.2 Å². The Kier molecular flexibility index (Phi) is 10.0. The first-order valence-corrected chi connectivity index (χ1v) is 20.2. The van der Waals surface area contributed by atoms with Crippen molar-refractivity contribution < 1.29 is 37.1 Å². The van der Waals surface area contributed by atoms with Gasteiger partial charge in [0.25, 0.3) is 11.1 Å². The lowest BCUT2D eigenvalue weighted by molar-refractivity contribution is -0.141. The summed E-state index contributed by atoms with van der Waals surface area (Å²) < 4.78 is 40.9. The van der Waals surface area contributed by atoms with E-state index >= 15 is 0 Å². The molecular weight excluding hydrogens is 750 g/mol. The lowest BCUT2D eigenvalue weighted by atomic mass is 10.0. The van der Waals surface area contributed by atoms with E-state index in [1.807, 2.05) is 30.4 Å². The van der Waals surface area contributed by atoms with E-state index < -0.39 is 73.8 Å². The Morgan fingerprint density at radius 2 is 1.92 bits per heavy atom. The van der Waals surface area contributed by atoms with Crippen molar-refractivity contribution in [2.24, 2.45) is 5.92 Å². The number of allylic oxidation sites excluding steroid dienone is 1. The Morgan fingerprint density at radius 3 is 2.64 bits per heavy atom. The molecule has 16 heteroatoms. The minimum atomic E-state index is -3.97. The Labute approximate surface area is 304 Å². The predicted octanol–water partition coefficient (Wildman–Crippen LogP) is 4.69. The van der Waals surface area contributed by atoms with Gasteiger partial charge < -0.3 is 25.0 Å². The normalized spacial score (nSPS) is 29.0. The molecule has 2 saturated carbocycles. The van der Waals surface area contributed by atoms with Crippen LogP contribution in [0.3, 0.4) is 0 Å². The van der Waals surface area contributed by atoms with Crippen LogP contribution in [-0.2, 0) is 29.1 Å². The second kappa shape index (κ2) is 13.7. The molecule has 2 aliphatic heterocycles. The maximum absolute atomic E-state index is 14.3. The summed E-state index contributed by atoms with van der Waals surface area (Å²) in [5.41, 5.74) is -1.54. The van der Waals surface area contributed by atoms with Crippen molar-refractivity contribution in [2.45, 2.75) is 120 Å². The highest BCUT2D eigenvalue weighted by Gasteiger charge is 2.63. The molecule has 4 amide bonds. The zero-order valence-corrected chi connectivity index (χ0v) is 31.8. The number of hydrogen-bond donors (Lipinski definition) is 3. The van der Waals surface area contributed by atoms with E-state index in [0.29, 0.717) is 37.3 Å². The number of hydrogen-bond acceptors (Lipinski definition) is 10. The smallest absolute Gasteiger partial charge is 0.408 e. The first-order chi connectivity index (χ1) is 23.5. The summed E-state index contributed by atoms with van der Waals surface area (Å²) in [7, 11) is -3.97. The number of amides is 4. The molecule has 50 heavy (non-hydrogen) atoms. The van der Waals surface area contributed by atoms with Crippen LogP contribution >= 0.6 is 27.3 Å². The van der Waals surface area contributed by atoms with Crippen LogP contribution in [0.2, 0.25) is 0 Å². The van der Waals surface area contributed by atoms with Gasteiger partial charge in [-0.15, -0.1) is 0 Å². The zero-order valence-electron chi connectivity index (χ0n) is 28.6. The lowest BCUT2D eigenvalue weighted by Gasteiger charge is -2.30. The number of carbonyl (C=O) groups excluding carboxylic acids is 4. The fourth-order valence-corrected chi connectivity index (χ4v) is 9.21. The molecule has 1 aromatic carbocycles. The van der Waals surface area contributed by atoms with Crippen LogP contribution in [0.15, 0.2) is 34.8 Å². The summed E-state index contributed by atoms with van der Waals surface area (Å²) in [5.74, 6) is -2.28. The largest absolute Gasteiger partial charge is 0.465 e. The van der Waals surface area contributed by atoms with Crippen molar-refractivity contribution in [3.8, 4) is 5.19 Å². The first-order valence-electron chi connectivity index (χ1n) is 17.1. The van der Waals surface area contributed by atoms with E-state index in [0.717, 1.165) is 27.5 Å². The Morgan fingerprint density at radius 1 is 1.16 bits per heavy atom. The number of aromatic nitrogens is 1. The van der Waals surface area contributed by atoms with Crippen LogP contribution in [0.1, 0.15) is 85.5 Å². The standard InChI is InChI=1S/C34H44BrN5O8S2/c1-32(2,3)48-30(44)36-24-11-9-7-5-6-8-10-20-18-34(20,29(43)39-50(45,46)33(4)14-15-33)38-27(41)25-17-22(19-40(25)28(24)42)47-31-37-23-13-12-21(35)16-26(23)49-31/h8,10,12-13,16,20,22,24-25H,5-7,9,11,14-15,17-19H2,1-4H3,(H,36,44)(H,38,41)(H,39,43)/b10-8-/t20-,22+,24-,25-,34+/m0/s1. The van der Waals surface area contributed by atoms with Gasteiger partial charge in [-0.2, -0.15) is 0 Å². The van der Waals surface area contributed by atoms with Crippen LogP contribution in [0.5, 0.6) is 5.19 Å². The molecule has 0 radical (unpaired) electrons. The minimum Gasteiger partial charge on any atom is -0.465 e. The summed E-state index contributed by atoms with van der Waals surface area (Å²) in [6, 6.07) is 3.62. The van der Waals surface area contributed by atoms with Crippen LogP contribution in [-0.4, -0.2) is 82.7 Å². The molecule has 13 nitrogen and oxygen atoms in total. The second-order valence-corrected chi connectivity index (χ2v) is 19.1. The highest BCUT2D eigenvalue weighted by molar-refractivity contribution is 9.10. The van der Waals surface area contributed by atoms with Crippen molar-refractivity contribution in [1.29, 1.82) is 0 Å². The zero-order chi connectivity index (χ0) is 36.1.